The Labute approximate surface area is 116 Å². The molecule has 2 nitrogen and oxygen atoms in total. The lowest BCUT2D eigenvalue weighted by atomic mass is 10.2. The van der Waals surface area contributed by atoms with Gasteiger partial charge in [0.05, 0.1) is 13.5 Å². The predicted octanol–water partition coefficient (Wildman–Crippen LogP) is 3.64. The normalized spacial score (nSPS) is 9.79. The molecular weight excluding hydrogens is 236 g/mol. The summed E-state index contributed by atoms with van der Waals surface area (Å²) >= 11 is 0. The first kappa shape index (κ1) is 17.1. The largest absolute Gasteiger partial charge is 0.466 e. The highest BCUT2D eigenvalue weighted by Crippen LogP contribution is 1.96. The van der Waals surface area contributed by atoms with Crippen molar-refractivity contribution in [3.63, 3.8) is 0 Å². The lowest BCUT2D eigenvalue weighted by Gasteiger charge is -1.87. The van der Waals surface area contributed by atoms with E-state index in [1.54, 1.807) is 12.2 Å². The summed E-state index contributed by atoms with van der Waals surface area (Å²) in [5.74, 6) is 11.8. The molecule has 0 aromatic rings. The van der Waals surface area contributed by atoms with Crippen molar-refractivity contribution in [2.45, 2.75) is 45.4 Å². The summed E-state index contributed by atoms with van der Waals surface area (Å²) in [7, 11) is 1.35. The molecule has 2 heteroatoms. The van der Waals surface area contributed by atoms with Gasteiger partial charge in [-0.2, -0.15) is 0 Å². The molecule has 0 aliphatic heterocycles. The third-order valence-electron chi connectivity index (χ3n) is 2.23. The molecular formula is C17H22O2. The van der Waals surface area contributed by atoms with E-state index in [1.807, 2.05) is 6.08 Å². The zero-order chi connectivity index (χ0) is 14.2. The number of rotatable bonds is 6. The van der Waals surface area contributed by atoms with Crippen LogP contribution in [0.4, 0.5) is 0 Å². The number of unbranched alkanes of at least 4 members (excludes halogenated alkanes) is 3. The van der Waals surface area contributed by atoms with E-state index in [9.17, 15) is 4.79 Å². The summed E-state index contributed by atoms with van der Waals surface area (Å²) < 4.78 is 4.45. The minimum absolute atomic E-state index is 0.353. The van der Waals surface area contributed by atoms with Gasteiger partial charge >= 0.3 is 5.97 Å². The molecule has 0 spiro atoms. The van der Waals surface area contributed by atoms with Crippen molar-refractivity contribution in [3.8, 4) is 23.7 Å². The average Bonchev–Trinajstić information content (AvgIpc) is 2.43. The van der Waals surface area contributed by atoms with Gasteiger partial charge in [0.25, 0.3) is 0 Å². The van der Waals surface area contributed by atoms with Crippen LogP contribution in [0.15, 0.2) is 24.3 Å². The van der Waals surface area contributed by atoms with Gasteiger partial charge in [-0.25, -0.2) is 4.79 Å². The molecule has 0 bridgehead atoms. The molecule has 102 valence electrons. The molecule has 0 aromatic carbocycles. The number of ether oxygens (including phenoxy) is 1. The van der Waals surface area contributed by atoms with Crippen LogP contribution in [-0.2, 0) is 9.53 Å². The first-order valence-electron chi connectivity index (χ1n) is 6.63. The Balaban J connectivity index is 3.62. The van der Waals surface area contributed by atoms with Crippen molar-refractivity contribution in [3.05, 3.63) is 24.3 Å². The Morgan fingerprint density at radius 1 is 1.11 bits per heavy atom. The Morgan fingerprint density at radius 3 is 2.63 bits per heavy atom. The van der Waals surface area contributed by atoms with Crippen molar-refractivity contribution in [1.82, 2.24) is 0 Å². The van der Waals surface area contributed by atoms with E-state index in [1.165, 1.54) is 32.4 Å². The monoisotopic (exact) mass is 258 g/mol. The van der Waals surface area contributed by atoms with Gasteiger partial charge in [0.2, 0.25) is 0 Å². The van der Waals surface area contributed by atoms with Crippen LogP contribution in [0.1, 0.15) is 45.4 Å². The van der Waals surface area contributed by atoms with E-state index in [0.29, 0.717) is 12.8 Å². The van der Waals surface area contributed by atoms with Crippen LogP contribution in [0, 0.1) is 23.7 Å². The van der Waals surface area contributed by atoms with Crippen LogP contribution < -0.4 is 0 Å². The van der Waals surface area contributed by atoms with Gasteiger partial charge in [-0.15, -0.1) is 5.92 Å². The van der Waals surface area contributed by atoms with E-state index < -0.39 is 0 Å². The molecule has 19 heavy (non-hydrogen) atoms. The minimum Gasteiger partial charge on any atom is -0.466 e. The lowest BCUT2D eigenvalue weighted by Crippen LogP contribution is -1.92. The average molecular weight is 258 g/mol. The number of methoxy groups -OCH3 is 1. The number of esters is 1. The van der Waals surface area contributed by atoms with Gasteiger partial charge in [-0.05, 0) is 6.42 Å². The highest BCUT2D eigenvalue weighted by molar-refractivity contribution is 5.82. The Kier molecular flexibility index (Phi) is 12.7. The highest BCUT2D eigenvalue weighted by atomic mass is 16.5. The van der Waals surface area contributed by atoms with Crippen LogP contribution in [0.5, 0.6) is 0 Å². The molecule has 0 amide bonds. The van der Waals surface area contributed by atoms with E-state index >= 15 is 0 Å². The van der Waals surface area contributed by atoms with Crippen molar-refractivity contribution >= 4 is 5.97 Å². The summed E-state index contributed by atoms with van der Waals surface area (Å²) in [5.41, 5.74) is 0. The van der Waals surface area contributed by atoms with Gasteiger partial charge in [-0.3, -0.25) is 0 Å². The molecule has 0 aliphatic carbocycles. The SMILES string of the molecule is CCCCCC#CCC#CCC=CC=CC(=O)OC. The number of carbonyl (C=O) groups is 1. The van der Waals surface area contributed by atoms with Crippen LogP contribution in [0.25, 0.3) is 0 Å². The van der Waals surface area contributed by atoms with Gasteiger partial charge in [0, 0.05) is 18.9 Å². The fraction of sp³-hybridized carbons (Fsp3) is 0.471. The standard InChI is InChI=1S/C17H22O2/c1-3-4-5-6-7-8-9-10-11-12-13-14-15-16-17(18)19-2/h13-16H,3-6,9,12H2,1-2H3. The van der Waals surface area contributed by atoms with E-state index in [2.05, 4.69) is 35.3 Å². The molecule has 0 radical (unpaired) electrons. The van der Waals surface area contributed by atoms with Crippen molar-refractivity contribution in [2.24, 2.45) is 0 Å². The van der Waals surface area contributed by atoms with E-state index in [4.69, 9.17) is 0 Å². The van der Waals surface area contributed by atoms with Crippen LogP contribution in [0.2, 0.25) is 0 Å². The first-order valence-corrected chi connectivity index (χ1v) is 6.63. The maximum atomic E-state index is 10.7. The minimum atomic E-state index is -0.353. The molecule has 0 N–H and O–H groups in total. The molecule has 0 atom stereocenters. The number of allylic oxidation sites excluding steroid dienone is 3. The second kappa shape index (κ2) is 14.1. The summed E-state index contributed by atoms with van der Waals surface area (Å²) in [5, 5.41) is 0. The molecule has 0 aromatic heterocycles. The fourth-order valence-corrected chi connectivity index (χ4v) is 1.20. The van der Waals surface area contributed by atoms with Gasteiger partial charge in [0.1, 0.15) is 0 Å². The molecule has 0 fully saturated rings. The van der Waals surface area contributed by atoms with Crippen LogP contribution in [-0.4, -0.2) is 13.1 Å². The Hall–Kier alpha value is -1.93. The van der Waals surface area contributed by atoms with Crippen molar-refractivity contribution in [2.75, 3.05) is 7.11 Å². The molecule has 0 saturated carbocycles. The summed E-state index contributed by atoms with van der Waals surface area (Å²) in [6.07, 6.45) is 12.6. The third-order valence-corrected chi connectivity index (χ3v) is 2.23. The maximum Gasteiger partial charge on any atom is 0.330 e. The van der Waals surface area contributed by atoms with E-state index in [-0.39, 0.29) is 5.97 Å². The highest BCUT2D eigenvalue weighted by Gasteiger charge is 1.85. The van der Waals surface area contributed by atoms with Crippen molar-refractivity contribution < 1.29 is 9.53 Å². The molecule has 0 aliphatic rings. The predicted molar refractivity (Wildman–Crippen MR) is 79.2 cm³/mol. The lowest BCUT2D eigenvalue weighted by molar-refractivity contribution is -0.134. The zero-order valence-corrected chi connectivity index (χ0v) is 11.9. The number of hydrogen-bond donors (Lipinski definition) is 0. The summed E-state index contributed by atoms with van der Waals surface area (Å²) in [4.78, 5) is 10.7. The van der Waals surface area contributed by atoms with Gasteiger partial charge in [0.15, 0.2) is 0 Å². The Bertz CT molecular complexity index is 408. The van der Waals surface area contributed by atoms with Crippen LogP contribution in [0.3, 0.4) is 0 Å². The second-order valence-corrected chi connectivity index (χ2v) is 3.86. The quantitative estimate of drug-likeness (QED) is 0.239. The van der Waals surface area contributed by atoms with E-state index in [0.717, 1.165) is 6.42 Å². The second-order valence-electron chi connectivity index (χ2n) is 3.86. The smallest absolute Gasteiger partial charge is 0.330 e. The fourth-order valence-electron chi connectivity index (χ4n) is 1.20. The molecule has 0 heterocycles. The number of hydrogen-bond acceptors (Lipinski definition) is 2. The topological polar surface area (TPSA) is 26.3 Å². The van der Waals surface area contributed by atoms with Crippen molar-refractivity contribution in [1.29, 1.82) is 0 Å². The molecule has 0 saturated heterocycles. The van der Waals surface area contributed by atoms with Gasteiger partial charge < -0.3 is 4.74 Å². The number of carbonyl (C=O) groups excluding carboxylic acids is 1. The zero-order valence-electron chi connectivity index (χ0n) is 11.9. The Morgan fingerprint density at radius 2 is 1.89 bits per heavy atom. The summed E-state index contributed by atoms with van der Waals surface area (Å²) in [6, 6.07) is 0. The molecule has 0 rings (SSSR count). The molecule has 0 unspecified atom stereocenters. The first-order chi connectivity index (χ1) is 9.31. The maximum absolute atomic E-state index is 10.7. The van der Waals surface area contributed by atoms with Crippen LogP contribution >= 0.6 is 0 Å². The third kappa shape index (κ3) is 14.0. The van der Waals surface area contributed by atoms with Gasteiger partial charge in [-0.1, -0.05) is 55.8 Å². The summed E-state index contributed by atoms with van der Waals surface area (Å²) in [6.45, 7) is 2.19.